The van der Waals surface area contributed by atoms with Gasteiger partial charge in [0.05, 0.1) is 23.0 Å². The zero-order valence-corrected chi connectivity index (χ0v) is 37.5. The van der Waals surface area contributed by atoms with E-state index in [2.05, 4.69) is 182 Å². The molecular weight excluding hydrogens is 767 g/mol. The molecule has 0 saturated carbocycles. The van der Waals surface area contributed by atoms with Crippen LogP contribution in [0.2, 0.25) is 0 Å². The standard InChI is InChI=1S/C56H51NO3S/c1-32-39-27-28-56(34-17-23-38(58-10)24-18-34,60-51(39)44-31-47-52(59-55(8,9)61-47)50-41-14-12-11-13-40(41)48(32)49(44)50)33-15-21-37(22-16-33)57-45-25-19-35(53(2,3)4)29-42(45)43-30-36(54(5,6)7)20-26-46(43)57/h11-31H,1-10H3. The van der Waals surface area contributed by atoms with E-state index < -0.39 is 5.60 Å². The van der Waals surface area contributed by atoms with Crippen molar-refractivity contribution >= 4 is 50.4 Å². The van der Waals surface area contributed by atoms with Gasteiger partial charge in [-0.3, -0.25) is 0 Å². The monoisotopic (exact) mass is 817 g/mol. The van der Waals surface area contributed by atoms with Gasteiger partial charge in [0.15, 0.2) is 10.5 Å². The molecule has 0 amide bonds. The summed E-state index contributed by atoms with van der Waals surface area (Å²) in [6.45, 7) is 20.3. The van der Waals surface area contributed by atoms with Gasteiger partial charge in [-0.25, -0.2) is 0 Å². The maximum atomic E-state index is 7.68. The topological polar surface area (TPSA) is 32.6 Å². The van der Waals surface area contributed by atoms with Crippen LogP contribution in [0, 0.1) is 6.92 Å². The van der Waals surface area contributed by atoms with E-state index in [1.54, 1.807) is 18.9 Å². The van der Waals surface area contributed by atoms with E-state index in [0.717, 1.165) is 49.9 Å². The van der Waals surface area contributed by atoms with Crippen LogP contribution in [0.4, 0.5) is 0 Å². The van der Waals surface area contributed by atoms with Gasteiger partial charge in [-0.05, 0) is 126 Å². The summed E-state index contributed by atoms with van der Waals surface area (Å²) in [5.41, 5.74) is 14.6. The number of hydrogen-bond donors (Lipinski definition) is 0. The number of aromatic nitrogens is 1. The Morgan fingerprint density at radius 3 is 1.77 bits per heavy atom. The van der Waals surface area contributed by atoms with Crippen molar-refractivity contribution in [2.75, 3.05) is 7.11 Å². The van der Waals surface area contributed by atoms with Crippen molar-refractivity contribution in [3.63, 3.8) is 0 Å². The molecule has 2 aliphatic heterocycles. The fraction of sp³-hybridized carbons (Fsp3) is 0.250. The van der Waals surface area contributed by atoms with Gasteiger partial charge in [-0.1, -0.05) is 120 Å². The quantitative estimate of drug-likeness (QED) is 0.177. The minimum atomic E-state index is -0.925. The lowest BCUT2D eigenvalue weighted by Crippen LogP contribution is -2.34. The average molecular weight is 818 g/mol. The van der Waals surface area contributed by atoms with Crippen LogP contribution in [0.25, 0.3) is 66.6 Å². The van der Waals surface area contributed by atoms with Gasteiger partial charge in [0.2, 0.25) is 0 Å². The normalized spacial score (nSPS) is 17.3. The van der Waals surface area contributed by atoms with Crippen molar-refractivity contribution in [1.82, 2.24) is 4.57 Å². The molecule has 5 heteroatoms. The fourth-order valence-electron chi connectivity index (χ4n) is 10.1. The van der Waals surface area contributed by atoms with Crippen molar-refractivity contribution in [2.45, 2.75) is 88.6 Å². The van der Waals surface area contributed by atoms with Gasteiger partial charge in [0.25, 0.3) is 0 Å². The molecule has 1 unspecified atom stereocenters. The van der Waals surface area contributed by atoms with Crippen LogP contribution in [-0.4, -0.2) is 16.6 Å². The number of fused-ring (bicyclic) bond motifs is 10. The Bertz CT molecular complexity index is 3120. The van der Waals surface area contributed by atoms with Gasteiger partial charge < -0.3 is 18.8 Å². The van der Waals surface area contributed by atoms with Crippen LogP contribution < -0.4 is 14.2 Å². The van der Waals surface area contributed by atoms with E-state index >= 15 is 0 Å². The molecule has 3 heterocycles. The Kier molecular flexibility index (Phi) is 7.99. The second-order valence-corrected chi connectivity index (χ2v) is 21.3. The molecule has 4 nitrogen and oxygen atoms in total. The predicted octanol–water partition coefficient (Wildman–Crippen LogP) is 15.1. The summed E-state index contributed by atoms with van der Waals surface area (Å²) < 4.78 is 22.5. The van der Waals surface area contributed by atoms with Crippen molar-refractivity contribution in [2.24, 2.45) is 0 Å². The van der Waals surface area contributed by atoms with Crippen molar-refractivity contribution < 1.29 is 14.2 Å². The number of ether oxygens (including phenoxy) is 3. The molecule has 1 atom stereocenters. The minimum absolute atomic E-state index is 0.0335. The Balaban J connectivity index is 1.11. The number of rotatable bonds is 4. The van der Waals surface area contributed by atoms with Crippen molar-refractivity contribution in [3.8, 4) is 45.2 Å². The highest BCUT2D eigenvalue weighted by Crippen LogP contribution is 2.63. The van der Waals surface area contributed by atoms with Gasteiger partial charge in [0, 0.05) is 49.5 Å². The molecule has 1 aromatic heterocycles. The highest BCUT2D eigenvalue weighted by molar-refractivity contribution is 8.00. The summed E-state index contributed by atoms with van der Waals surface area (Å²) in [7, 11) is 1.71. The van der Waals surface area contributed by atoms with Crippen LogP contribution in [0.3, 0.4) is 0 Å². The summed E-state index contributed by atoms with van der Waals surface area (Å²) in [4.78, 5) is 0.771. The number of nitrogens with zero attached hydrogens (tertiary/aromatic N) is 1. The van der Waals surface area contributed by atoms with Gasteiger partial charge in [0.1, 0.15) is 17.2 Å². The zero-order valence-electron chi connectivity index (χ0n) is 36.7. The van der Waals surface area contributed by atoms with E-state index in [0.29, 0.717) is 0 Å². The molecule has 8 aromatic rings. The molecule has 0 bridgehead atoms. The number of hydrogen-bond acceptors (Lipinski definition) is 4. The molecule has 0 spiro atoms. The van der Waals surface area contributed by atoms with E-state index in [1.165, 1.54) is 66.1 Å². The highest BCUT2D eigenvalue weighted by Gasteiger charge is 2.43. The summed E-state index contributed by atoms with van der Waals surface area (Å²) in [5, 5.41) is 4.88. The molecule has 0 N–H and O–H groups in total. The van der Waals surface area contributed by atoms with Crippen LogP contribution in [-0.2, 0) is 16.4 Å². The molecule has 3 aliphatic rings. The molecule has 11 rings (SSSR count). The molecular formula is C56H51NO3S. The maximum absolute atomic E-state index is 7.68. The van der Waals surface area contributed by atoms with Crippen molar-refractivity contribution in [3.05, 3.63) is 155 Å². The Labute approximate surface area is 363 Å². The lowest BCUT2D eigenvalue weighted by molar-refractivity contribution is 0.163. The second-order valence-electron chi connectivity index (χ2n) is 19.6. The van der Waals surface area contributed by atoms with E-state index in [9.17, 15) is 0 Å². The predicted molar refractivity (Wildman–Crippen MR) is 255 cm³/mol. The summed E-state index contributed by atoms with van der Waals surface area (Å²) in [6, 6.07) is 42.5. The highest BCUT2D eigenvalue weighted by atomic mass is 32.2. The van der Waals surface area contributed by atoms with Crippen LogP contribution >= 0.6 is 11.8 Å². The average Bonchev–Trinajstić information content (AvgIpc) is 3.87. The second kappa shape index (κ2) is 12.8. The lowest BCUT2D eigenvalue weighted by Gasteiger charge is -2.37. The molecule has 304 valence electrons. The Morgan fingerprint density at radius 2 is 1.20 bits per heavy atom. The Hall–Kier alpha value is -5.91. The number of methoxy groups -OCH3 is 1. The largest absolute Gasteiger partial charge is 0.497 e. The van der Waals surface area contributed by atoms with Crippen LogP contribution in [0.5, 0.6) is 17.2 Å². The first kappa shape index (κ1) is 38.0. The molecule has 7 aromatic carbocycles. The van der Waals surface area contributed by atoms with E-state index in [4.69, 9.17) is 14.2 Å². The third-order valence-corrected chi connectivity index (χ3v) is 14.3. The summed E-state index contributed by atoms with van der Waals surface area (Å²) in [6.07, 6.45) is 4.56. The van der Waals surface area contributed by atoms with Gasteiger partial charge in [-0.2, -0.15) is 0 Å². The van der Waals surface area contributed by atoms with Crippen LogP contribution in [0.15, 0.2) is 126 Å². The molecule has 0 radical (unpaired) electrons. The number of thioether (sulfide) groups is 1. The lowest BCUT2D eigenvalue weighted by atomic mass is 9.82. The summed E-state index contributed by atoms with van der Waals surface area (Å²) in [5.74, 6) is 2.68. The van der Waals surface area contributed by atoms with Gasteiger partial charge in [-0.15, -0.1) is 0 Å². The first-order valence-electron chi connectivity index (χ1n) is 21.4. The first-order valence-corrected chi connectivity index (χ1v) is 22.3. The first-order chi connectivity index (χ1) is 29.1. The molecule has 0 fully saturated rings. The van der Waals surface area contributed by atoms with Crippen LogP contribution in [0.1, 0.15) is 88.8 Å². The maximum Gasteiger partial charge on any atom is 0.178 e. The molecule has 0 saturated heterocycles. The van der Waals surface area contributed by atoms with E-state index in [-0.39, 0.29) is 15.8 Å². The molecule has 1 aliphatic carbocycles. The SMILES string of the molecule is COc1ccc(C2(c3ccc(-n4c5ccc(C(C)(C)C)cc5c5cc(C(C)(C)C)ccc54)cc3)C=Cc3c(C)c4c5c(c6c(cc5c3O2)SC(C)(C)O6)-c2ccccc2-4)cc1. The fourth-order valence-corrected chi connectivity index (χ4v) is 11.1. The zero-order chi connectivity index (χ0) is 42.4. The number of benzene rings is 7. The van der Waals surface area contributed by atoms with Gasteiger partial charge >= 0.3 is 0 Å². The van der Waals surface area contributed by atoms with Crippen molar-refractivity contribution in [1.29, 1.82) is 0 Å². The third-order valence-electron chi connectivity index (χ3n) is 13.3. The van der Waals surface area contributed by atoms with E-state index in [1.807, 2.05) is 12.1 Å². The molecule has 61 heavy (non-hydrogen) atoms. The Morgan fingerprint density at radius 1 is 0.623 bits per heavy atom. The summed E-state index contributed by atoms with van der Waals surface area (Å²) >= 11 is 1.78. The minimum Gasteiger partial charge on any atom is -0.497 e. The third kappa shape index (κ3) is 5.59. The smallest absolute Gasteiger partial charge is 0.178 e.